The van der Waals surface area contributed by atoms with Gasteiger partial charge in [0.2, 0.25) is 11.2 Å². The molecule has 0 aliphatic carbocycles. The van der Waals surface area contributed by atoms with E-state index >= 15 is 0 Å². The molecule has 0 bridgehead atoms. The number of benzene rings is 3. The normalized spacial score (nSPS) is 11.7. The summed E-state index contributed by atoms with van der Waals surface area (Å²) < 4.78 is 22.5. The number of hydrogen-bond acceptors (Lipinski definition) is 6. The summed E-state index contributed by atoms with van der Waals surface area (Å²) >= 11 is 0. The maximum atomic E-state index is 13.4. The van der Waals surface area contributed by atoms with Crippen molar-refractivity contribution >= 4 is 16.9 Å². The molecule has 0 aliphatic rings. The molecule has 4 aromatic rings. The van der Waals surface area contributed by atoms with Gasteiger partial charge in [-0.2, -0.15) is 0 Å². The predicted octanol–water partition coefficient (Wildman–Crippen LogP) is 5.29. The van der Waals surface area contributed by atoms with Crippen molar-refractivity contribution in [3.05, 3.63) is 94.1 Å². The Balaban J connectivity index is 1.68. The van der Waals surface area contributed by atoms with E-state index in [0.29, 0.717) is 22.3 Å². The molecule has 0 aliphatic heterocycles. The topological polar surface area (TPSA) is 75.0 Å². The molecule has 168 valence electrons. The average molecular weight is 444 g/mol. The number of ether oxygens (including phenoxy) is 3. The highest BCUT2D eigenvalue weighted by molar-refractivity contribution is 5.83. The third-order valence-electron chi connectivity index (χ3n) is 5.21. The zero-order chi connectivity index (χ0) is 23.4. The van der Waals surface area contributed by atoms with Crippen molar-refractivity contribution < 1.29 is 23.4 Å². The Morgan fingerprint density at radius 2 is 1.73 bits per heavy atom. The van der Waals surface area contributed by atoms with Gasteiger partial charge < -0.3 is 18.6 Å². The SMILES string of the molecule is COc1ccc(-c2oc3ccc(C)cc3c(=O)c2OC(C)C(=O)OCc2ccccc2)cc1. The zero-order valence-electron chi connectivity index (χ0n) is 18.7. The smallest absolute Gasteiger partial charge is 0.347 e. The van der Waals surface area contributed by atoms with Crippen LogP contribution in [0.5, 0.6) is 11.5 Å². The molecule has 1 aromatic heterocycles. The van der Waals surface area contributed by atoms with Crippen LogP contribution in [-0.4, -0.2) is 19.2 Å². The summed E-state index contributed by atoms with van der Waals surface area (Å²) in [6, 6.07) is 21.8. The lowest BCUT2D eigenvalue weighted by Gasteiger charge is -2.16. The molecule has 6 heteroatoms. The molecule has 0 fully saturated rings. The number of aryl methyl sites for hydroxylation is 1. The fourth-order valence-corrected chi connectivity index (χ4v) is 3.40. The minimum absolute atomic E-state index is 0.0394. The molecule has 0 N–H and O–H groups in total. The molecule has 0 saturated carbocycles. The van der Waals surface area contributed by atoms with Gasteiger partial charge in [0.05, 0.1) is 12.5 Å². The number of methoxy groups -OCH3 is 1. The summed E-state index contributed by atoms with van der Waals surface area (Å²) in [7, 11) is 1.57. The standard InChI is InChI=1S/C27H24O6/c1-17-9-14-23-22(15-17)24(28)26(25(33-23)20-10-12-21(30-3)13-11-20)32-18(2)27(29)31-16-19-7-5-4-6-8-19/h4-15,18H,16H2,1-3H3. The summed E-state index contributed by atoms with van der Waals surface area (Å²) in [5.41, 5.74) is 2.47. The first kappa shape index (κ1) is 22.1. The van der Waals surface area contributed by atoms with E-state index in [0.717, 1.165) is 11.1 Å². The van der Waals surface area contributed by atoms with Crippen LogP contribution < -0.4 is 14.9 Å². The maximum Gasteiger partial charge on any atom is 0.347 e. The Labute approximate surface area is 191 Å². The second-order valence-electron chi connectivity index (χ2n) is 7.67. The summed E-state index contributed by atoms with van der Waals surface area (Å²) in [6.07, 6.45) is -1.02. The van der Waals surface area contributed by atoms with Crippen molar-refractivity contribution in [2.75, 3.05) is 7.11 Å². The molecule has 1 unspecified atom stereocenters. The van der Waals surface area contributed by atoms with Crippen LogP contribution in [0.4, 0.5) is 0 Å². The molecular weight excluding hydrogens is 420 g/mol. The minimum atomic E-state index is -1.02. The monoisotopic (exact) mass is 444 g/mol. The van der Waals surface area contributed by atoms with E-state index < -0.39 is 12.1 Å². The molecule has 33 heavy (non-hydrogen) atoms. The van der Waals surface area contributed by atoms with Crippen molar-refractivity contribution in [1.29, 1.82) is 0 Å². The predicted molar refractivity (Wildman–Crippen MR) is 126 cm³/mol. The highest BCUT2D eigenvalue weighted by atomic mass is 16.6. The van der Waals surface area contributed by atoms with Crippen molar-refractivity contribution in [3.8, 4) is 22.8 Å². The molecule has 0 spiro atoms. The quantitative estimate of drug-likeness (QED) is 0.361. The largest absolute Gasteiger partial charge is 0.497 e. The Morgan fingerprint density at radius 1 is 1.00 bits per heavy atom. The first-order valence-corrected chi connectivity index (χ1v) is 10.6. The van der Waals surface area contributed by atoms with Gasteiger partial charge in [0.25, 0.3) is 0 Å². The second-order valence-corrected chi connectivity index (χ2v) is 7.67. The number of hydrogen-bond donors (Lipinski definition) is 0. The van der Waals surface area contributed by atoms with Crippen LogP contribution in [0, 0.1) is 6.92 Å². The lowest BCUT2D eigenvalue weighted by molar-refractivity contribution is -0.152. The summed E-state index contributed by atoms with van der Waals surface area (Å²) in [5.74, 6) is 0.283. The number of carbonyl (C=O) groups excluding carboxylic acids is 1. The summed E-state index contributed by atoms with van der Waals surface area (Å²) in [5, 5.41) is 0.382. The zero-order valence-corrected chi connectivity index (χ0v) is 18.7. The Hall–Kier alpha value is -4.06. The van der Waals surface area contributed by atoms with Crippen LogP contribution in [0.2, 0.25) is 0 Å². The lowest BCUT2D eigenvalue weighted by Crippen LogP contribution is -2.28. The molecule has 0 amide bonds. The molecule has 0 radical (unpaired) electrons. The Bertz CT molecular complexity index is 1320. The van der Waals surface area contributed by atoms with E-state index in [1.807, 2.05) is 43.3 Å². The summed E-state index contributed by atoms with van der Waals surface area (Å²) in [4.78, 5) is 26.0. The van der Waals surface area contributed by atoms with E-state index in [1.165, 1.54) is 0 Å². The molecule has 0 saturated heterocycles. The fraction of sp³-hybridized carbons (Fsp3) is 0.185. The van der Waals surface area contributed by atoms with Gasteiger partial charge in [-0.1, -0.05) is 42.0 Å². The molecule has 6 nitrogen and oxygen atoms in total. The highest BCUT2D eigenvalue weighted by Gasteiger charge is 2.24. The van der Waals surface area contributed by atoms with Crippen molar-refractivity contribution in [1.82, 2.24) is 0 Å². The first-order valence-electron chi connectivity index (χ1n) is 10.6. The minimum Gasteiger partial charge on any atom is -0.497 e. The van der Waals surface area contributed by atoms with E-state index in [2.05, 4.69) is 0 Å². The number of carbonyl (C=O) groups is 1. The Kier molecular flexibility index (Phi) is 6.45. The van der Waals surface area contributed by atoms with Crippen LogP contribution in [0.1, 0.15) is 18.1 Å². The van der Waals surface area contributed by atoms with Gasteiger partial charge in [-0.05, 0) is 55.8 Å². The highest BCUT2D eigenvalue weighted by Crippen LogP contribution is 2.33. The third kappa shape index (κ3) is 4.90. The van der Waals surface area contributed by atoms with Crippen molar-refractivity contribution in [2.45, 2.75) is 26.6 Å². The van der Waals surface area contributed by atoms with Crippen LogP contribution in [-0.2, 0) is 16.1 Å². The van der Waals surface area contributed by atoms with Gasteiger partial charge in [-0.25, -0.2) is 4.79 Å². The van der Waals surface area contributed by atoms with Gasteiger partial charge in [-0.3, -0.25) is 4.79 Å². The third-order valence-corrected chi connectivity index (χ3v) is 5.21. The van der Waals surface area contributed by atoms with Crippen LogP contribution >= 0.6 is 0 Å². The summed E-state index contributed by atoms with van der Waals surface area (Å²) in [6.45, 7) is 3.55. The maximum absolute atomic E-state index is 13.4. The molecule has 1 atom stereocenters. The van der Waals surface area contributed by atoms with Crippen LogP contribution in [0.25, 0.3) is 22.3 Å². The molecular formula is C27H24O6. The molecule has 3 aromatic carbocycles. The van der Waals surface area contributed by atoms with Gasteiger partial charge in [0.15, 0.2) is 11.9 Å². The van der Waals surface area contributed by atoms with Crippen LogP contribution in [0.15, 0.2) is 82.0 Å². The van der Waals surface area contributed by atoms with Gasteiger partial charge in [0, 0.05) is 5.56 Å². The van der Waals surface area contributed by atoms with E-state index in [-0.39, 0.29) is 23.5 Å². The molecule has 4 rings (SSSR count). The van der Waals surface area contributed by atoms with E-state index in [9.17, 15) is 9.59 Å². The van der Waals surface area contributed by atoms with Crippen molar-refractivity contribution in [3.63, 3.8) is 0 Å². The molecule has 1 heterocycles. The first-order chi connectivity index (χ1) is 16.0. The average Bonchev–Trinajstić information content (AvgIpc) is 2.85. The Morgan fingerprint density at radius 3 is 2.42 bits per heavy atom. The van der Waals surface area contributed by atoms with E-state index in [1.54, 1.807) is 50.4 Å². The lowest BCUT2D eigenvalue weighted by atomic mass is 10.1. The number of fused-ring (bicyclic) bond motifs is 1. The van der Waals surface area contributed by atoms with Crippen LogP contribution in [0.3, 0.4) is 0 Å². The van der Waals surface area contributed by atoms with E-state index in [4.69, 9.17) is 18.6 Å². The second kappa shape index (κ2) is 9.61. The van der Waals surface area contributed by atoms with Crippen molar-refractivity contribution in [2.24, 2.45) is 0 Å². The number of rotatable bonds is 7. The van der Waals surface area contributed by atoms with Gasteiger partial charge in [0.1, 0.15) is 17.9 Å². The van der Waals surface area contributed by atoms with Gasteiger partial charge >= 0.3 is 5.97 Å². The fourth-order valence-electron chi connectivity index (χ4n) is 3.40. The van der Waals surface area contributed by atoms with Gasteiger partial charge in [-0.15, -0.1) is 0 Å². The number of esters is 1.